The van der Waals surface area contributed by atoms with Gasteiger partial charge in [-0.3, -0.25) is 0 Å². The molecule has 9 heteroatoms. The zero-order valence-electron chi connectivity index (χ0n) is 10.2. The molecule has 0 aliphatic carbocycles. The molecule has 1 aromatic carbocycles. The molecule has 0 amide bonds. The van der Waals surface area contributed by atoms with Crippen LogP contribution in [0.2, 0.25) is 0 Å². The standard InChI is InChI=1S/C11H13FN2O5S/c12-10-2-1-9(3-8(10)4-13)20(18,19)14-11(5-15,6-16)7-17/h1-3,14-17H,5-7H2. The zero-order chi connectivity index (χ0) is 15.4. The topological polar surface area (TPSA) is 131 Å². The molecule has 1 aromatic rings. The van der Waals surface area contributed by atoms with Crippen LogP contribution in [0.15, 0.2) is 23.1 Å². The van der Waals surface area contributed by atoms with Gasteiger partial charge in [0.25, 0.3) is 0 Å². The smallest absolute Gasteiger partial charge is 0.241 e. The molecular formula is C11H13FN2O5S. The third-order valence-electron chi connectivity index (χ3n) is 2.63. The van der Waals surface area contributed by atoms with Crippen molar-refractivity contribution in [2.75, 3.05) is 19.8 Å². The number of hydrogen-bond donors (Lipinski definition) is 4. The van der Waals surface area contributed by atoms with Gasteiger partial charge in [0.05, 0.1) is 30.3 Å². The second-order valence-electron chi connectivity index (χ2n) is 4.11. The van der Waals surface area contributed by atoms with Crippen molar-refractivity contribution in [3.8, 4) is 6.07 Å². The first-order chi connectivity index (χ1) is 9.34. The number of nitriles is 1. The van der Waals surface area contributed by atoms with Crippen molar-refractivity contribution >= 4 is 10.0 Å². The Labute approximate surface area is 115 Å². The van der Waals surface area contributed by atoms with Gasteiger partial charge in [0, 0.05) is 0 Å². The van der Waals surface area contributed by atoms with Crippen molar-refractivity contribution in [3.63, 3.8) is 0 Å². The van der Waals surface area contributed by atoms with Crippen LogP contribution >= 0.6 is 0 Å². The fourth-order valence-electron chi connectivity index (χ4n) is 1.35. The van der Waals surface area contributed by atoms with Crippen LogP contribution < -0.4 is 4.72 Å². The van der Waals surface area contributed by atoms with Gasteiger partial charge in [-0.2, -0.15) is 9.98 Å². The third-order valence-corrected chi connectivity index (χ3v) is 4.20. The Morgan fingerprint density at radius 1 is 1.25 bits per heavy atom. The van der Waals surface area contributed by atoms with Crippen molar-refractivity contribution in [2.24, 2.45) is 0 Å². The lowest BCUT2D eigenvalue weighted by Gasteiger charge is -2.28. The highest BCUT2D eigenvalue weighted by atomic mass is 32.2. The molecule has 7 nitrogen and oxygen atoms in total. The number of aliphatic hydroxyl groups excluding tert-OH is 3. The average Bonchev–Trinajstić information content (AvgIpc) is 2.45. The molecule has 0 aliphatic heterocycles. The van der Waals surface area contributed by atoms with E-state index in [1.807, 2.05) is 4.72 Å². The fraction of sp³-hybridized carbons (Fsp3) is 0.364. The number of benzene rings is 1. The molecule has 0 atom stereocenters. The minimum absolute atomic E-state index is 0.421. The lowest BCUT2D eigenvalue weighted by atomic mass is 10.1. The average molecular weight is 304 g/mol. The van der Waals surface area contributed by atoms with Gasteiger partial charge in [-0.1, -0.05) is 0 Å². The molecule has 0 fully saturated rings. The Bertz CT molecular complexity index is 614. The molecule has 0 bridgehead atoms. The maximum atomic E-state index is 13.1. The maximum absolute atomic E-state index is 13.1. The molecule has 0 heterocycles. The third kappa shape index (κ3) is 3.30. The molecule has 0 saturated carbocycles. The van der Waals surface area contributed by atoms with Gasteiger partial charge in [-0.05, 0) is 18.2 Å². The van der Waals surface area contributed by atoms with Crippen molar-refractivity contribution in [1.29, 1.82) is 5.26 Å². The van der Waals surface area contributed by atoms with E-state index in [2.05, 4.69) is 0 Å². The SMILES string of the molecule is N#Cc1cc(S(=O)(=O)NC(CO)(CO)CO)ccc1F. The first kappa shape index (κ1) is 16.5. The summed E-state index contributed by atoms with van der Waals surface area (Å²) in [6, 6.07) is 4.05. The molecule has 20 heavy (non-hydrogen) atoms. The second-order valence-corrected chi connectivity index (χ2v) is 5.80. The summed E-state index contributed by atoms with van der Waals surface area (Å²) in [4.78, 5) is -0.421. The molecule has 0 saturated heterocycles. The summed E-state index contributed by atoms with van der Waals surface area (Å²) >= 11 is 0. The number of nitrogens with one attached hydrogen (secondary N) is 1. The van der Waals surface area contributed by atoms with E-state index in [-0.39, 0.29) is 0 Å². The lowest BCUT2D eigenvalue weighted by Crippen LogP contribution is -2.56. The summed E-state index contributed by atoms with van der Waals surface area (Å²) in [5.74, 6) is -0.871. The highest BCUT2D eigenvalue weighted by Gasteiger charge is 2.34. The summed E-state index contributed by atoms with van der Waals surface area (Å²) in [5, 5.41) is 35.9. The van der Waals surface area contributed by atoms with Gasteiger partial charge in [-0.15, -0.1) is 0 Å². The van der Waals surface area contributed by atoms with E-state index >= 15 is 0 Å². The van der Waals surface area contributed by atoms with E-state index < -0.39 is 51.7 Å². The molecule has 110 valence electrons. The summed E-state index contributed by atoms with van der Waals surface area (Å²) in [5.41, 5.74) is -2.31. The highest BCUT2D eigenvalue weighted by Crippen LogP contribution is 2.16. The second kappa shape index (κ2) is 6.25. The van der Waals surface area contributed by atoms with Crippen molar-refractivity contribution in [1.82, 2.24) is 4.72 Å². The van der Waals surface area contributed by atoms with Gasteiger partial charge in [0.2, 0.25) is 10.0 Å². The number of aliphatic hydroxyl groups is 3. The molecule has 0 aromatic heterocycles. The van der Waals surface area contributed by atoms with E-state index in [9.17, 15) is 12.8 Å². The monoisotopic (exact) mass is 304 g/mol. The van der Waals surface area contributed by atoms with Crippen LogP contribution in [-0.2, 0) is 10.0 Å². The largest absolute Gasteiger partial charge is 0.394 e. The number of sulfonamides is 1. The highest BCUT2D eigenvalue weighted by molar-refractivity contribution is 7.89. The number of halogens is 1. The van der Waals surface area contributed by atoms with Crippen LogP contribution in [0.3, 0.4) is 0 Å². The quantitative estimate of drug-likeness (QED) is 0.516. The Hall–Kier alpha value is -1.57. The van der Waals surface area contributed by atoms with Crippen LogP contribution in [0.25, 0.3) is 0 Å². The molecule has 0 aliphatic rings. The van der Waals surface area contributed by atoms with Gasteiger partial charge >= 0.3 is 0 Å². The van der Waals surface area contributed by atoms with Crippen LogP contribution in [-0.4, -0.2) is 49.1 Å². The van der Waals surface area contributed by atoms with E-state index in [0.717, 1.165) is 18.2 Å². The number of hydrogen-bond acceptors (Lipinski definition) is 6. The molecule has 0 spiro atoms. The maximum Gasteiger partial charge on any atom is 0.241 e. The van der Waals surface area contributed by atoms with Crippen LogP contribution in [0, 0.1) is 17.1 Å². The van der Waals surface area contributed by atoms with E-state index in [4.69, 9.17) is 20.6 Å². The molecule has 0 unspecified atom stereocenters. The normalized spacial score (nSPS) is 12.2. The number of rotatable bonds is 6. The molecule has 4 N–H and O–H groups in total. The predicted molar refractivity (Wildman–Crippen MR) is 65.4 cm³/mol. The van der Waals surface area contributed by atoms with Gasteiger partial charge < -0.3 is 15.3 Å². The van der Waals surface area contributed by atoms with Crippen molar-refractivity contribution in [2.45, 2.75) is 10.4 Å². The van der Waals surface area contributed by atoms with Gasteiger partial charge in [-0.25, -0.2) is 12.8 Å². The Morgan fingerprint density at radius 3 is 2.25 bits per heavy atom. The van der Waals surface area contributed by atoms with Crippen LogP contribution in [0.5, 0.6) is 0 Å². The zero-order valence-corrected chi connectivity index (χ0v) is 11.1. The summed E-state index contributed by atoms with van der Waals surface area (Å²) in [6.45, 7) is -2.53. The first-order valence-corrected chi connectivity index (χ1v) is 6.88. The van der Waals surface area contributed by atoms with E-state index in [1.165, 1.54) is 6.07 Å². The van der Waals surface area contributed by atoms with E-state index in [1.54, 1.807) is 0 Å². The summed E-state index contributed by atoms with van der Waals surface area (Å²) < 4.78 is 39.1. The lowest BCUT2D eigenvalue weighted by molar-refractivity contribution is 0.0582. The van der Waals surface area contributed by atoms with Crippen LogP contribution in [0.1, 0.15) is 5.56 Å². The van der Waals surface area contributed by atoms with Crippen LogP contribution in [0.4, 0.5) is 4.39 Å². The summed E-state index contributed by atoms with van der Waals surface area (Å²) in [7, 11) is -4.25. The number of nitrogens with zero attached hydrogens (tertiary/aromatic N) is 1. The van der Waals surface area contributed by atoms with Gasteiger partial charge in [0.15, 0.2) is 0 Å². The minimum Gasteiger partial charge on any atom is -0.394 e. The Balaban J connectivity index is 3.21. The molecular weight excluding hydrogens is 291 g/mol. The first-order valence-electron chi connectivity index (χ1n) is 5.40. The molecule has 1 rings (SSSR count). The predicted octanol–water partition coefficient (Wildman–Crippen LogP) is -1.31. The van der Waals surface area contributed by atoms with Crippen molar-refractivity contribution < 1.29 is 28.1 Å². The van der Waals surface area contributed by atoms with Gasteiger partial charge in [0.1, 0.15) is 17.4 Å². The summed E-state index contributed by atoms with van der Waals surface area (Å²) in [6.07, 6.45) is 0. The van der Waals surface area contributed by atoms with E-state index in [0.29, 0.717) is 0 Å². The van der Waals surface area contributed by atoms with Crippen molar-refractivity contribution in [3.05, 3.63) is 29.6 Å². The molecule has 0 radical (unpaired) electrons. The minimum atomic E-state index is -4.25. The Kier molecular flexibility index (Phi) is 5.15. The Morgan fingerprint density at radius 2 is 1.80 bits per heavy atom. The fourth-order valence-corrected chi connectivity index (χ4v) is 2.75.